The van der Waals surface area contributed by atoms with Crippen LogP contribution in [-0.2, 0) is 4.79 Å². The van der Waals surface area contributed by atoms with Crippen LogP contribution in [0, 0.1) is 5.92 Å². The fourth-order valence-electron chi connectivity index (χ4n) is 1.77. The Morgan fingerprint density at radius 3 is 2.50 bits per heavy atom. The van der Waals surface area contributed by atoms with E-state index in [4.69, 9.17) is 10.2 Å². The molecule has 3 N–H and O–H groups in total. The van der Waals surface area contributed by atoms with Crippen LogP contribution < -0.4 is 5.32 Å². The van der Waals surface area contributed by atoms with Crippen LogP contribution in [0.3, 0.4) is 0 Å². The van der Waals surface area contributed by atoms with Gasteiger partial charge < -0.3 is 20.4 Å². The number of urea groups is 1. The summed E-state index contributed by atoms with van der Waals surface area (Å²) in [4.78, 5) is 24.0. The van der Waals surface area contributed by atoms with Crippen LogP contribution in [-0.4, -0.2) is 52.9 Å². The monoisotopic (exact) mass is 258 g/mol. The van der Waals surface area contributed by atoms with Gasteiger partial charge >= 0.3 is 12.0 Å². The van der Waals surface area contributed by atoms with Gasteiger partial charge in [0.2, 0.25) is 0 Å². The van der Waals surface area contributed by atoms with E-state index in [0.29, 0.717) is 18.9 Å². The largest absolute Gasteiger partial charge is 0.481 e. The summed E-state index contributed by atoms with van der Waals surface area (Å²) in [5.41, 5.74) is 0. The van der Waals surface area contributed by atoms with E-state index in [1.165, 1.54) is 4.90 Å². The van der Waals surface area contributed by atoms with Crippen LogP contribution in [0.25, 0.3) is 0 Å². The molecule has 0 saturated heterocycles. The average Bonchev–Trinajstić information content (AvgIpc) is 3.07. The van der Waals surface area contributed by atoms with E-state index in [1.54, 1.807) is 14.0 Å². The molecule has 2 unspecified atom stereocenters. The van der Waals surface area contributed by atoms with Crippen LogP contribution in [0.1, 0.15) is 32.6 Å². The van der Waals surface area contributed by atoms with Gasteiger partial charge in [-0.05, 0) is 32.1 Å². The molecule has 1 saturated carbocycles. The number of carbonyl (C=O) groups excluding carboxylic acids is 1. The molecule has 1 aliphatic carbocycles. The summed E-state index contributed by atoms with van der Waals surface area (Å²) in [5.74, 6) is -0.589. The van der Waals surface area contributed by atoms with E-state index in [0.717, 1.165) is 12.8 Å². The quantitative estimate of drug-likeness (QED) is 0.625. The standard InChI is InChI=1S/C12H22N2O4/c1-8(15)5-6-14(2)12(18)13-10(7-11(16)17)9-3-4-9/h8-10,15H,3-7H2,1-2H3,(H,13,18)(H,16,17). The number of aliphatic hydroxyl groups is 1. The molecule has 0 radical (unpaired) electrons. The van der Waals surface area contributed by atoms with Crippen LogP contribution in [0.2, 0.25) is 0 Å². The highest BCUT2D eigenvalue weighted by Crippen LogP contribution is 2.34. The minimum absolute atomic E-state index is 0.0271. The lowest BCUT2D eigenvalue weighted by molar-refractivity contribution is -0.137. The third kappa shape index (κ3) is 5.35. The first-order valence-electron chi connectivity index (χ1n) is 6.31. The van der Waals surface area contributed by atoms with E-state index < -0.39 is 12.1 Å². The molecule has 0 aromatic heterocycles. The zero-order chi connectivity index (χ0) is 13.7. The lowest BCUT2D eigenvalue weighted by atomic mass is 10.1. The molecule has 1 rings (SSSR count). The fourth-order valence-corrected chi connectivity index (χ4v) is 1.77. The van der Waals surface area contributed by atoms with Crippen molar-refractivity contribution in [3.8, 4) is 0 Å². The Morgan fingerprint density at radius 2 is 2.06 bits per heavy atom. The number of hydrogen-bond acceptors (Lipinski definition) is 3. The number of nitrogens with one attached hydrogen (secondary N) is 1. The van der Waals surface area contributed by atoms with Crippen molar-refractivity contribution in [1.82, 2.24) is 10.2 Å². The summed E-state index contributed by atoms with van der Waals surface area (Å²) in [6, 6.07) is -0.544. The first kappa shape index (κ1) is 14.8. The number of carbonyl (C=O) groups is 2. The van der Waals surface area contributed by atoms with Gasteiger partial charge in [0, 0.05) is 19.6 Å². The fraction of sp³-hybridized carbons (Fsp3) is 0.833. The number of hydrogen-bond donors (Lipinski definition) is 3. The van der Waals surface area contributed by atoms with Crippen LogP contribution in [0.15, 0.2) is 0 Å². The molecule has 2 atom stereocenters. The topological polar surface area (TPSA) is 89.9 Å². The number of carboxylic acid groups (broad SMARTS) is 1. The predicted octanol–water partition coefficient (Wildman–Crippen LogP) is 0.652. The van der Waals surface area contributed by atoms with Crippen molar-refractivity contribution in [1.29, 1.82) is 0 Å². The van der Waals surface area contributed by atoms with Crippen molar-refractivity contribution < 1.29 is 19.8 Å². The van der Waals surface area contributed by atoms with Gasteiger partial charge in [-0.2, -0.15) is 0 Å². The van der Waals surface area contributed by atoms with E-state index in [9.17, 15) is 9.59 Å². The van der Waals surface area contributed by atoms with Crippen molar-refractivity contribution >= 4 is 12.0 Å². The molecule has 0 heterocycles. The summed E-state index contributed by atoms with van der Waals surface area (Å²) in [5, 5.41) is 20.7. The van der Waals surface area contributed by atoms with Gasteiger partial charge in [-0.1, -0.05) is 0 Å². The number of aliphatic hydroxyl groups excluding tert-OH is 1. The van der Waals surface area contributed by atoms with Gasteiger partial charge in [-0.3, -0.25) is 4.79 Å². The number of amides is 2. The molecule has 6 nitrogen and oxygen atoms in total. The molecule has 1 aliphatic rings. The Kier molecular flexibility index (Phi) is 5.40. The van der Waals surface area contributed by atoms with Crippen molar-refractivity contribution in [2.75, 3.05) is 13.6 Å². The summed E-state index contributed by atoms with van der Waals surface area (Å²) in [7, 11) is 1.64. The molecule has 0 aliphatic heterocycles. The number of rotatable bonds is 7. The maximum Gasteiger partial charge on any atom is 0.317 e. The lowest BCUT2D eigenvalue weighted by Gasteiger charge is -2.23. The summed E-state index contributed by atoms with van der Waals surface area (Å²) >= 11 is 0. The second-order valence-corrected chi connectivity index (χ2v) is 5.05. The predicted molar refractivity (Wildman–Crippen MR) is 66.2 cm³/mol. The Bertz CT molecular complexity index is 302. The Labute approximate surface area is 107 Å². The van der Waals surface area contributed by atoms with Gasteiger partial charge in [0.15, 0.2) is 0 Å². The van der Waals surface area contributed by atoms with Crippen molar-refractivity contribution in [3.63, 3.8) is 0 Å². The van der Waals surface area contributed by atoms with E-state index in [1.807, 2.05) is 0 Å². The molecule has 0 aromatic rings. The number of aliphatic carboxylic acids is 1. The third-order valence-electron chi connectivity index (χ3n) is 3.12. The molecular formula is C12H22N2O4. The molecule has 2 amide bonds. The van der Waals surface area contributed by atoms with Gasteiger partial charge in [-0.15, -0.1) is 0 Å². The van der Waals surface area contributed by atoms with Crippen molar-refractivity contribution in [2.24, 2.45) is 5.92 Å². The van der Waals surface area contributed by atoms with Crippen molar-refractivity contribution in [3.05, 3.63) is 0 Å². The van der Waals surface area contributed by atoms with Gasteiger partial charge in [-0.25, -0.2) is 4.79 Å². The van der Waals surface area contributed by atoms with E-state index in [-0.39, 0.29) is 18.5 Å². The molecule has 104 valence electrons. The first-order chi connectivity index (χ1) is 8.40. The minimum atomic E-state index is -0.890. The first-order valence-corrected chi connectivity index (χ1v) is 6.31. The Morgan fingerprint density at radius 1 is 1.44 bits per heavy atom. The molecular weight excluding hydrogens is 236 g/mol. The zero-order valence-corrected chi connectivity index (χ0v) is 10.9. The van der Waals surface area contributed by atoms with Gasteiger partial charge in [0.1, 0.15) is 0 Å². The van der Waals surface area contributed by atoms with Crippen LogP contribution in [0.5, 0.6) is 0 Å². The zero-order valence-electron chi connectivity index (χ0n) is 10.9. The second-order valence-electron chi connectivity index (χ2n) is 5.05. The maximum atomic E-state index is 11.8. The third-order valence-corrected chi connectivity index (χ3v) is 3.12. The van der Waals surface area contributed by atoms with E-state index in [2.05, 4.69) is 5.32 Å². The molecule has 18 heavy (non-hydrogen) atoms. The molecule has 1 fully saturated rings. The number of nitrogens with zero attached hydrogens (tertiary/aromatic N) is 1. The molecule has 0 aromatic carbocycles. The summed E-state index contributed by atoms with van der Waals surface area (Å²) in [6.45, 7) is 2.12. The molecule has 0 spiro atoms. The SMILES string of the molecule is CC(O)CCN(C)C(=O)NC(CC(=O)O)C1CC1. The number of carboxylic acids is 1. The van der Waals surface area contributed by atoms with Crippen LogP contribution >= 0.6 is 0 Å². The Hall–Kier alpha value is -1.30. The maximum absolute atomic E-state index is 11.8. The Balaban J connectivity index is 2.37. The molecule has 6 heteroatoms. The molecule has 0 bridgehead atoms. The minimum Gasteiger partial charge on any atom is -0.481 e. The van der Waals surface area contributed by atoms with Crippen LogP contribution in [0.4, 0.5) is 4.79 Å². The normalized spacial score (nSPS) is 17.9. The highest BCUT2D eigenvalue weighted by Gasteiger charge is 2.34. The lowest BCUT2D eigenvalue weighted by Crippen LogP contribution is -2.45. The second kappa shape index (κ2) is 6.58. The van der Waals surface area contributed by atoms with E-state index >= 15 is 0 Å². The average molecular weight is 258 g/mol. The summed E-state index contributed by atoms with van der Waals surface area (Å²) < 4.78 is 0. The van der Waals surface area contributed by atoms with Gasteiger partial charge in [0.25, 0.3) is 0 Å². The van der Waals surface area contributed by atoms with Gasteiger partial charge in [0.05, 0.1) is 12.5 Å². The summed E-state index contributed by atoms with van der Waals surface area (Å²) in [6.07, 6.45) is 2.00. The smallest absolute Gasteiger partial charge is 0.317 e. The van der Waals surface area contributed by atoms with Crippen molar-refractivity contribution in [2.45, 2.75) is 44.8 Å². The highest BCUT2D eigenvalue weighted by molar-refractivity contribution is 5.75. The highest BCUT2D eigenvalue weighted by atomic mass is 16.4.